The molecule has 0 radical (unpaired) electrons. The van der Waals surface area contributed by atoms with Crippen molar-refractivity contribution in [2.24, 2.45) is 0 Å². The molecule has 0 saturated carbocycles. The van der Waals surface area contributed by atoms with Crippen LogP contribution >= 0.6 is 0 Å². The fraction of sp³-hybridized carbons (Fsp3) is 0.611. The minimum Gasteiger partial charge on any atom is -0.444 e. The van der Waals surface area contributed by atoms with E-state index in [1.54, 1.807) is 11.9 Å². The van der Waals surface area contributed by atoms with Crippen LogP contribution < -0.4 is 0 Å². The van der Waals surface area contributed by atoms with E-state index in [1.807, 2.05) is 26.8 Å². The minimum atomic E-state index is -0.474. The smallest absolute Gasteiger partial charge is 0.410 e. The summed E-state index contributed by atoms with van der Waals surface area (Å²) in [5, 5.41) is 0. The van der Waals surface area contributed by atoms with Crippen LogP contribution in [0, 0.1) is 0 Å². The average molecular weight is 320 g/mol. The van der Waals surface area contributed by atoms with Crippen molar-refractivity contribution in [3.05, 3.63) is 35.9 Å². The van der Waals surface area contributed by atoms with Crippen LogP contribution in [0.1, 0.15) is 26.3 Å². The van der Waals surface area contributed by atoms with Gasteiger partial charge in [0.1, 0.15) is 5.60 Å². The van der Waals surface area contributed by atoms with Crippen molar-refractivity contribution >= 4 is 6.09 Å². The van der Waals surface area contributed by atoms with Crippen molar-refractivity contribution in [3.8, 4) is 0 Å². The summed E-state index contributed by atoms with van der Waals surface area (Å²) in [5.41, 5.74) is 0.826. The van der Waals surface area contributed by atoms with Crippen LogP contribution in [0.15, 0.2) is 30.3 Å². The van der Waals surface area contributed by atoms with Gasteiger partial charge < -0.3 is 14.4 Å². The quantitative estimate of drug-likeness (QED) is 0.855. The van der Waals surface area contributed by atoms with Gasteiger partial charge in [-0.2, -0.15) is 0 Å². The third-order valence-electron chi connectivity index (χ3n) is 3.65. The van der Waals surface area contributed by atoms with Gasteiger partial charge in [-0.3, -0.25) is 4.90 Å². The number of likely N-dealkylation sites (N-methyl/N-ethyl adjacent to an activating group) is 1. The Labute approximate surface area is 139 Å². The van der Waals surface area contributed by atoms with Crippen LogP contribution in [0.5, 0.6) is 0 Å². The lowest BCUT2D eigenvalue weighted by molar-refractivity contribution is -0.0467. The van der Waals surface area contributed by atoms with Gasteiger partial charge in [-0.05, 0) is 26.3 Å². The summed E-state index contributed by atoms with van der Waals surface area (Å²) in [4.78, 5) is 16.0. The van der Waals surface area contributed by atoms with Crippen LogP contribution in [0.2, 0.25) is 0 Å². The summed E-state index contributed by atoms with van der Waals surface area (Å²) in [5.74, 6) is 0. The third kappa shape index (κ3) is 6.20. The molecule has 1 fully saturated rings. The van der Waals surface area contributed by atoms with E-state index >= 15 is 0 Å². The van der Waals surface area contributed by atoms with Crippen LogP contribution in [0.25, 0.3) is 0 Å². The zero-order chi connectivity index (χ0) is 16.9. The highest BCUT2D eigenvalue weighted by Crippen LogP contribution is 2.13. The molecule has 1 aliphatic heterocycles. The zero-order valence-corrected chi connectivity index (χ0v) is 14.6. The monoisotopic (exact) mass is 320 g/mol. The third-order valence-corrected chi connectivity index (χ3v) is 3.65. The largest absolute Gasteiger partial charge is 0.444 e. The molecule has 1 saturated heterocycles. The molecule has 0 spiro atoms. The maximum absolute atomic E-state index is 12.0. The lowest BCUT2D eigenvalue weighted by Crippen LogP contribution is -2.48. The van der Waals surface area contributed by atoms with Crippen LogP contribution in [-0.2, 0) is 16.0 Å². The molecule has 5 nitrogen and oxygen atoms in total. The Morgan fingerprint density at radius 1 is 1.35 bits per heavy atom. The molecule has 1 heterocycles. The summed E-state index contributed by atoms with van der Waals surface area (Å²) in [6, 6.07) is 10.4. The van der Waals surface area contributed by atoms with Gasteiger partial charge in [0.25, 0.3) is 0 Å². The standard InChI is InChI=1S/C18H28N2O3/c1-18(2,3)23-17(21)19(4)13-16-14-20(10-11-22-16)12-15-8-6-5-7-9-15/h5-9,16H,10-14H2,1-4H3/t16-/m1/s1. The first-order valence-corrected chi connectivity index (χ1v) is 8.15. The topological polar surface area (TPSA) is 42.0 Å². The molecule has 0 bridgehead atoms. The predicted octanol–water partition coefficient (Wildman–Crippen LogP) is 2.75. The second-order valence-electron chi connectivity index (χ2n) is 7.07. The van der Waals surface area contributed by atoms with Gasteiger partial charge in [0.15, 0.2) is 0 Å². The van der Waals surface area contributed by atoms with E-state index in [4.69, 9.17) is 9.47 Å². The van der Waals surface area contributed by atoms with Crippen LogP contribution in [0.3, 0.4) is 0 Å². The highest BCUT2D eigenvalue weighted by molar-refractivity contribution is 5.67. The summed E-state index contributed by atoms with van der Waals surface area (Å²) < 4.78 is 11.2. The molecule has 5 heteroatoms. The van der Waals surface area contributed by atoms with E-state index in [-0.39, 0.29) is 12.2 Å². The van der Waals surface area contributed by atoms with Crippen molar-refractivity contribution in [2.45, 2.75) is 39.0 Å². The molecule has 0 N–H and O–H groups in total. The SMILES string of the molecule is CN(C[C@@H]1CN(Cc2ccccc2)CCO1)C(=O)OC(C)(C)C. The molecule has 1 aromatic rings. The number of carbonyl (C=O) groups excluding carboxylic acids is 1. The van der Waals surface area contributed by atoms with Gasteiger partial charge in [0.2, 0.25) is 0 Å². The Morgan fingerprint density at radius 3 is 2.70 bits per heavy atom. The van der Waals surface area contributed by atoms with Crippen molar-refractivity contribution in [1.82, 2.24) is 9.80 Å². The fourth-order valence-electron chi connectivity index (χ4n) is 2.60. The summed E-state index contributed by atoms with van der Waals surface area (Å²) in [7, 11) is 1.76. The van der Waals surface area contributed by atoms with Gasteiger partial charge >= 0.3 is 6.09 Å². The first-order valence-electron chi connectivity index (χ1n) is 8.15. The minimum absolute atomic E-state index is 0.0185. The number of hydrogen-bond acceptors (Lipinski definition) is 4. The van der Waals surface area contributed by atoms with E-state index in [1.165, 1.54) is 5.56 Å². The van der Waals surface area contributed by atoms with E-state index in [0.29, 0.717) is 13.2 Å². The highest BCUT2D eigenvalue weighted by Gasteiger charge is 2.25. The number of amides is 1. The van der Waals surface area contributed by atoms with Crippen LogP contribution in [0.4, 0.5) is 4.79 Å². The molecule has 23 heavy (non-hydrogen) atoms. The zero-order valence-electron chi connectivity index (χ0n) is 14.6. The maximum atomic E-state index is 12.0. The lowest BCUT2D eigenvalue weighted by Gasteiger charge is -2.35. The van der Waals surface area contributed by atoms with Gasteiger partial charge in [0, 0.05) is 26.7 Å². The average Bonchev–Trinajstić information content (AvgIpc) is 2.47. The Bertz CT molecular complexity index is 499. The predicted molar refractivity (Wildman–Crippen MR) is 90.3 cm³/mol. The molecule has 0 aliphatic carbocycles. The molecule has 1 amide bonds. The van der Waals surface area contributed by atoms with Crippen molar-refractivity contribution in [2.75, 3.05) is 33.3 Å². The van der Waals surface area contributed by atoms with Gasteiger partial charge in [0.05, 0.1) is 19.3 Å². The number of nitrogens with zero attached hydrogens (tertiary/aromatic N) is 2. The van der Waals surface area contributed by atoms with Gasteiger partial charge in [-0.25, -0.2) is 4.79 Å². The first-order chi connectivity index (χ1) is 10.8. The molecule has 2 rings (SSSR count). The molecule has 128 valence electrons. The Hall–Kier alpha value is -1.59. The highest BCUT2D eigenvalue weighted by atomic mass is 16.6. The van der Waals surface area contributed by atoms with E-state index in [2.05, 4.69) is 29.2 Å². The number of hydrogen-bond donors (Lipinski definition) is 0. The number of carbonyl (C=O) groups is 1. The number of morpholine rings is 1. The Balaban J connectivity index is 1.82. The maximum Gasteiger partial charge on any atom is 0.410 e. The van der Waals surface area contributed by atoms with Crippen molar-refractivity contribution < 1.29 is 14.3 Å². The van der Waals surface area contributed by atoms with Crippen molar-refractivity contribution in [1.29, 1.82) is 0 Å². The van der Waals surface area contributed by atoms with E-state index in [0.717, 1.165) is 19.6 Å². The Kier molecular flexibility index (Phi) is 6.02. The molecule has 1 aromatic carbocycles. The summed E-state index contributed by atoms with van der Waals surface area (Å²) >= 11 is 0. The number of ether oxygens (including phenoxy) is 2. The van der Waals surface area contributed by atoms with Gasteiger partial charge in [-0.1, -0.05) is 30.3 Å². The molecule has 1 atom stereocenters. The van der Waals surface area contributed by atoms with Crippen molar-refractivity contribution in [3.63, 3.8) is 0 Å². The second kappa shape index (κ2) is 7.79. The van der Waals surface area contributed by atoms with Gasteiger partial charge in [-0.15, -0.1) is 0 Å². The molecular weight excluding hydrogens is 292 g/mol. The second-order valence-corrected chi connectivity index (χ2v) is 7.07. The normalized spacial score (nSPS) is 19.4. The lowest BCUT2D eigenvalue weighted by atomic mass is 10.2. The van der Waals surface area contributed by atoms with Crippen LogP contribution in [-0.4, -0.2) is 60.9 Å². The summed E-state index contributed by atoms with van der Waals surface area (Å²) in [6.07, 6.45) is -0.286. The fourth-order valence-corrected chi connectivity index (χ4v) is 2.60. The number of benzene rings is 1. The molecule has 0 aromatic heterocycles. The van der Waals surface area contributed by atoms with E-state index in [9.17, 15) is 4.79 Å². The molecular formula is C18H28N2O3. The number of rotatable bonds is 4. The molecule has 1 aliphatic rings. The van der Waals surface area contributed by atoms with E-state index < -0.39 is 5.60 Å². The first kappa shape index (κ1) is 17.8. The molecule has 0 unspecified atom stereocenters. The Morgan fingerprint density at radius 2 is 2.04 bits per heavy atom. The summed E-state index contributed by atoms with van der Waals surface area (Å²) in [6.45, 7) is 9.51.